The third kappa shape index (κ3) is 2.58. The van der Waals surface area contributed by atoms with Gasteiger partial charge in [0, 0.05) is 18.5 Å². The van der Waals surface area contributed by atoms with E-state index in [9.17, 15) is 0 Å². The standard InChI is InChI=1S/C14H21N3OS/c1-6-10(18-5)12-16-13(15-7-2)11-8(3)9(4)19-14(11)17-12/h10H,6-7H2,1-5H3,(H,15,16,17). The Hall–Kier alpha value is -1.20. The molecule has 19 heavy (non-hydrogen) atoms. The highest BCUT2D eigenvalue weighted by Crippen LogP contribution is 2.34. The van der Waals surface area contributed by atoms with Crippen LogP contribution in [0.5, 0.6) is 0 Å². The molecule has 1 N–H and O–H groups in total. The number of rotatable bonds is 5. The van der Waals surface area contributed by atoms with E-state index in [2.05, 4.69) is 43.0 Å². The first kappa shape index (κ1) is 14.2. The first-order valence-electron chi connectivity index (χ1n) is 6.66. The van der Waals surface area contributed by atoms with Crippen LogP contribution in [0.2, 0.25) is 0 Å². The number of aromatic nitrogens is 2. The lowest BCUT2D eigenvalue weighted by Crippen LogP contribution is -2.09. The van der Waals surface area contributed by atoms with Crippen molar-refractivity contribution < 1.29 is 4.74 Å². The summed E-state index contributed by atoms with van der Waals surface area (Å²) in [5, 5.41) is 4.50. The first-order valence-corrected chi connectivity index (χ1v) is 7.48. The van der Waals surface area contributed by atoms with Crippen LogP contribution in [0.15, 0.2) is 0 Å². The molecule has 2 heterocycles. The largest absolute Gasteiger partial charge is 0.373 e. The number of hydrogen-bond acceptors (Lipinski definition) is 5. The van der Waals surface area contributed by atoms with Crippen LogP contribution in [0, 0.1) is 13.8 Å². The number of nitrogens with one attached hydrogen (secondary N) is 1. The number of nitrogens with zero attached hydrogens (tertiary/aromatic N) is 2. The van der Waals surface area contributed by atoms with E-state index >= 15 is 0 Å². The molecule has 5 heteroatoms. The van der Waals surface area contributed by atoms with Gasteiger partial charge in [-0.25, -0.2) is 9.97 Å². The van der Waals surface area contributed by atoms with E-state index in [1.807, 2.05) is 0 Å². The number of aryl methyl sites for hydroxylation is 2. The second kappa shape index (κ2) is 5.84. The third-order valence-electron chi connectivity index (χ3n) is 3.33. The van der Waals surface area contributed by atoms with Crippen molar-refractivity contribution in [2.75, 3.05) is 19.0 Å². The Morgan fingerprint density at radius 2 is 2.00 bits per heavy atom. The minimum Gasteiger partial charge on any atom is -0.373 e. The third-order valence-corrected chi connectivity index (χ3v) is 4.43. The molecule has 4 nitrogen and oxygen atoms in total. The Morgan fingerprint density at radius 3 is 2.58 bits per heavy atom. The molecule has 0 radical (unpaired) electrons. The zero-order valence-electron chi connectivity index (χ0n) is 12.2. The lowest BCUT2D eigenvalue weighted by Gasteiger charge is -2.14. The average Bonchev–Trinajstić information content (AvgIpc) is 2.67. The molecule has 0 bridgehead atoms. The molecular weight excluding hydrogens is 258 g/mol. The van der Waals surface area contributed by atoms with Gasteiger partial charge in [0.05, 0.1) is 5.39 Å². The van der Waals surface area contributed by atoms with Gasteiger partial charge in [0.1, 0.15) is 16.8 Å². The summed E-state index contributed by atoms with van der Waals surface area (Å²) < 4.78 is 5.46. The van der Waals surface area contributed by atoms with Gasteiger partial charge < -0.3 is 10.1 Å². The molecule has 0 saturated carbocycles. The monoisotopic (exact) mass is 279 g/mol. The summed E-state index contributed by atoms with van der Waals surface area (Å²) in [6.45, 7) is 9.27. The van der Waals surface area contributed by atoms with E-state index in [4.69, 9.17) is 4.74 Å². The number of thiophene rings is 1. The smallest absolute Gasteiger partial charge is 0.161 e. The maximum Gasteiger partial charge on any atom is 0.161 e. The van der Waals surface area contributed by atoms with Gasteiger partial charge in [0.15, 0.2) is 5.82 Å². The molecule has 1 atom stereocenters. The van der Waals surface area contributed by atoms with Gasteiger partial charge in [-0.05, 0) is 32.8 Å². The Morgan fingerprint density at radius 1 is 1.26 bits per heavy atom. The maximum absolute atomic E-state index is 5.46. The van der Waals surface area contributed by atoms with Crippen LogP contribution in [0.4, 0.5) is 5.82 Å². The summed E-state index contributed by atoms with van der Waals surface area (Å²) in [6, 6.07) is 0. The van der Waals surface area contributed by atoms with Gasteiger partial charge in [0.25, 0.3) is 0 Å². The molecule has 2 rings (SSSR count). The van der Waals surface area contributed by atoms with E-state index in [1.165, 1.54) is 10.4 Å². The highest BCUT2D eigenvalue weighted by atomic mass is 32.1. The topological polar surface area (TPSA) is 47.0 Å². The van der Waals surface area contributed by atoms with E-state index in [1.54, 1.807) is 18.4 Å². The van der Waals surface area contributed by atoms with Crippen molar-refractivity contribution in [1.29, 1.82) is 0 Å². The first-order chi connectivity index (χ1) is 9.12. The predicted octanol–water partition coefficient (Wildman–Crippen LogP) is 3.84. The normalized spacial score (nSPS) is 12.9. The van der Waals surface area contributed by atoms with Crippen molar-refractivity contribution >= 4 is 27.4 Å². The minimum absolute atomic E-state index is 0.0375. The molecule has 0 aromatic carbocycles. The van der Waals surface area contributed by atoms with E-state index in [0.29, 0.717) is 0 Å². The van der Waals surface area contributed by atoms with Gasteiger partial charge in [-0.15, -0.1) is 11.3 Å². The predicted molar refractivity (Wildman–Crippen MR) is 81.1 cm³/mol. The Kier molecular flexibility index (Phi) is 4.37. The molecule has 0 amide bonds. The molecule has 0 spiro atoms. The van der Waals surface area contributed by atoms with Gasteiger partial charge in [0.2, 0.25) is 0 Å². The van der Waals surface area contributed by atoms with Crippen molar-refractivity contribution in [1.82, 2.24) is 9.97 Å². The Bertz CT molecular complexity index is 576. The number of methoxy groups -OCH3 is 1. The molecule has 0 aliphatic carbocycles. The quantitative estimate of drug-likeness (QED) is 0.903. The fourth-order valence-corrected chi connectivity index (χ4v) is 3.20. The summed E-state index contributed by atoms with van der Waals surface area (Å²) in [4.78, 5) is 11.7. The molecule has 0 aliphatic heterocycles. The van der Waals surface area contributed by atoms with Gasteiger partial charge in [-0.1, -0.05) is 6.92 Å². The molecule has 104 valence electrons. The van der Waals surface area contributed by atoms with Crippen molar-refractivity contribution in [3.8, 4) is 0 Å². The van der Waals surface area contributed by atoms with Crippen LogP contribution >= 0.6 is 11.3 Å². The van der Waals surface area contributed by atoms with Crippen LogP contribution in [-0.2, 0) is 4.74 Å². The van der Waals surface area contributed by atoms with Gasteiger partial charge in [-0.3, -0.25) is 0 Å². The average molecular weight is 279 g/mol. The summed E-state index contributed by atoms with van der Waals surface area (Å²) in [5.74, 6) is 1.70. The Balaban J connectivity index is 2.64. The van der Waals surface area contributed by atoms with Crippen LogP contribution in [0.1, 0.15) is 42.6 Å². The number of fused-ring (bicyclic) bond motifs is 1. The second-order valence-electron chi connectivity index (χ2n) is 4.56. The molecule has 0 aliphatic rings. The van der Waals surface area contributed by atoms with Crippen molar-refractivity contribution in [3.05, 3.63) is 16.3 Å². The lowest BCUT2D eigenvalue weighted by atomic mass is 10.2. The molecule has 0 fully saturated rings. The van der Waals surface area contributed by atoms with Crippen LogP contribution in [0.3, 0.4) is 0 Å². The number of ether oxygens (including phenoxy) is 1. The van der Waals surface area contributed by atoms with Gasteiger partial charge in [-0.2, -0.15) is 0 Å². The number of hydrogen-bond donors (Lipinski definition) is 1. The summed E-state index contributed by atoms with van der Waals surface area (Å²) in [7, 11) is 1.71. The van der Waals surface area contributed by atoms with Crippen molar-refractivity contribution in [3.63, 3.8) is 0 Å². The fourth-order valence-electron chi connectivity index (χ4n) is 2.16. The zero-order valence-corrected chi connectivity index (χ0v) is 13.0. The highest BCUT2D eigenvalue weighted by molar-refractivity contribution is 7.18. The van der Waals surface area contributed by atoms with Crippen LogP contribution in [-0.4, -0.2) is 23.6 Å². The fraction of sp³-hybridized carbons (Fsp3) is 0.571. The van der Waals surface area contributed by atoms with Gasteiger partial charge >= 0.3 is 0 Å². The van der Waals surface area contributed by atoms with E-state index in [0.717, 1.165) is 34.8 Å². The van der Waals surface area contributed by atoms with E-state index < -0.39 is 0 Å². The summed E-state index contributed by atoms with van der Waals surface area (Å²) in [5.41, 5.74) is 1.27. The van der Waals surface area contributed by atoms with Crippen molar-refractivity contribution in [2.24, 2.45) is 0 Å². The van der Waals surface area contributed by atoms with Crippen LogP contribution in [0.25, 0.3) is 10.2 Å². The second-order valence-corrected chi connectivity index (χ2v) is 5.76. The zero-order chi connectivity index (χ0) is 14.0. The SMILES string of the molecule is CCNc1nc(C(CC)OC)nc2sc(C)c(C)c12. The summed E-state index contributed by atoms with van der Waals surface area (Å²) >= 11 is 1.72. The number of anilines is 1. The highest BCUT2D eigenvalue weighted by Gasteiger charge is 2.18. The lowest BCUT2D eigenvalue weighted by molar-refractivity contribution is 0.0930. The minimum atomic E-state index is -0.0375. The molecule has 2 aromatic heterocycles. The molecule has 1 unspecified atom stereocenters. The Labute approximate surface area is 118 Å². The molecule has 0 saturated heterocycles. The molecule has 2 aromatic rings. The van der Waals surface area contributed by atoms with Crippen molar-refractivity contribution in [2.45, 2.75) is 40.2 Å². The van der Waals surface area contributed by atoms with E-state index in [-0.39, 0.29) is 6.10 Å². The molecular formula is C14H21N3OS. The van der Waals surface area contributed by atoms with Crippen LogP contribution < -0.4 is 5.32 Å². The summed E-state index contributed by atoms with van der Waals surface area (Å²) in [6.07, 6.45) is 0.834. The maximum atomic E-state index is 5.46.